The summed E-state index contributed by atoms with van der Waals surface area (Å²) in [5.74, 6) is -0.397. The normalized spacial score (nSPS) is 11.2. The molecule has 0 aliphatic carbocycles. The van der Waals surface area contributed by atoms with Crippen LogP contribution in [0.1, 0.15) is 10.4 Å². The van der Waals surface area contributed by atoms with Crippen LogP contribution in [0.2, 0.25) is 0 Å². The van der Waals surface area contributed by atoms with E-state index in [1.165, 1.54) is 23.1 Å². The van der Waals surface area contributed by atoms with Crippen molar-refractivity contribution in [3.63, 3.8) is 0 Å². The Morgan fingerprint density at radius 2 is 1.92 bits per heavy atom. The first kappa shape index (κ1) is 15.8. The molecule has 0 fully saturated rings. The van der Waals surface area contributed by atoms with Gasteiger partial charge in [-0.2, -0.15) is 4.68 Å². The van der Waals surface area contributed by atoms with E-state index in [0.29, 0.717) is 16.9 Å². The molecule has 0 spiro atoms. The Hall–Kier alpha value is -3.07. The maximum absolute atomic E-state index is 12.5. The molecule has 0 unspecified atom stereocenters. The van der Waals surface area contributed by atoms with Crippen molar-refractivity contribution >= 4 is 21.4 Å². The number of para-hydroxylation sites is 1. The Morgan fingerprint density at radius 3 is 2.62 bits per heavy atom. The number of rotatable bonds is 4. The van der Waals surface area contributed by atoms with E-state index in [0.717, 1.165) is 6.26 Å². The van der Waals surface area contributed by atoms with Crippen LogP contribution in [0.5, 0.6) is 0 Å². The summed E-state index contributed by atoms with van der Waals surface area (Å²) in [5, 5.41) is 13.6. The number of sulfone groups is 1. The molecule has 0 radical (unpaired) electrons. The summed E-state index contributed by atoms with van der Waals surface area (Å²) in [6, 6.07) is 12.9. The standard InChI is InChI=1S/C15H13N5O3S/c1-24(22,23)12-6-4-5-11(9-12)17-15(21)13-7-2-3-8-14(13)20-10-16-18-19-20/h2-10H,1H3,(H,17,21). The predicted octanol–water partition coefficient (Wildman–Crippen LogP) is 1.32. The molecule has 1 amide bonds. The first-order chi connectivity index (χ1) is 11.4. The highest BCUT2D eigenvalue weighted by Gasteiger charge is 2.14. The van der Waals surface area contributed by atoms with E-state index in [2.05, 4.69) is 20.8 Å². The van der Waals surface area contributed by atoms with Crippen LogP contribution in [0.15, 0.2) is 59.8 Å². The number of nitrogens with one attached hydrogen (secondary N) is 1. The summed E-state index contributed by atoms with van der Waals surface area (Å²) < 4.78 is 24.6. The highest BCUT2D eigenvalue weighted by atomic mass is 32.2. The minimum atomic E-state index is -3.35. The highest BCUT2D eigenvalue weighted by Crippen LogP contribution is 2.18. The van der Waals surface area contributed by atoms with E-state index in [-0.39, 0.29) is 4.90 Å². The zero-order chi connectivity index (χ0) is 17.2. The number of nitrogens with zero attached hydrogens (tertiary/aromatic N) is 4. The summed E-state index contributed by atoms with van der Waals surface area (Å²) in [6.45, 7) is 0. The van der Waals surface area contributed by atoms with Gasteiger partial charge in [0, 0.05) is 11.9 Å². The van der Waals surface area contributed by atoms with Gasteiger partial charge in [0.2, 0.25) is 0 Å². The second kappa shape index (κ2) is 6.20. The molecule has 0 bridgehead atoms. The molecule has 0 atom stereocenters. The van der Waals surface area contributed by atoms with Crippen LogP contribution in [0.25, 0.3) is 5.69 Å². The second-order valence-electron chi connectivity index (χ2n) is 5.03. The van der Waals surface area contributed by atoms with Gasteiger partial charge in [-0.05, 0) is 40.8 Å². The molecule has 0 aliphatic heterocycles. The van der Waals surface area contributed by atoms with Gasteiger partial charge < -0.3 is 5.32 Å². The molecule has 3 rings (SSSR count). The lowest BCUT2D eigenvalue weighted by Crippen LogP contribution is -2.15. The van der Waals surface area contributed by atoms with Gasteiger partial charge in [0.25, 0.3) is 5.91 Å². The van der Waals surface area contributed by atoms with Crippen molar-refractivity contribution in [2.75, 3.05) is 11.6 Å². The Bertz CT molecular complexity index is 984. The van der Waals surface area contributed by atoms with Gasteiger partial charge in [-0.3, -0.25) is 4.79 Å². The van der Waals surface area contributed by atoms with Crippen molar-refractivity contribution in [1.82, 2.24) is 20.2 Å². The maximum atomic E-state index is 12.5. The average molecular weight is 343 g/mol. The van der Waals surface area contributed by atoms with E-state index in [4.69, 9.17) is 0 Å². The number of hydrogen-bond acceptors (Lipinski definition) is 6. The molecular weight excluding hydrogens is 330 g/mol. The van der Waals surface area contributed by atoms with Crippen molar-refractivity contribution in [2.45, 2.75) is 4.90 Å². The van der Waals surface area contributed by atoms with Gasteiger partial charge in [0.1, 0.15) is 6.33 Å². The summed E-state index contributed by atoms with van der Waals surface area (Å²) in [5.41, 5.74) is 1.25. The molecular formula is C15H13N5O3S. The minimum Gasteiger partial charge on any atom is -0.322 e. The number of hydrogen-bond donors (Lipinski definition) is 1. The van der Waals surface area contributed by atoms with Gasteiger partial charge >= 0.3 is 0 Å². The topological polar surface area (TPSA) is 107 Å². The zero-order valence-corrected chi connectivity index (χ0v) is 13.4. The Morgan fingerprint density at radius 1 is 1.12 bits per heavy atom. The molecule has 9 heteroatoms. The van der Waals surface area contributed by atoms with Crippen molar-refractivity contribution in [2.24, 2.45) is 0 Å². The zero-order valence-electron chi connectivity index (χ0n) is 12.6. The van der Waals surface area contributed by atoms with Gasteiger partial charge in [-0.25, -0.2) is 8.42 Å². The van der Waals surface area contributed by atoms with Crippen molar-refractivity contribution in [1.29, 1.82) is 0 Å². The van der Waals surface area contributed by atoms with Gasteiger partial charge in [-0.15, -0.1) is 5.10 Å². The molecule has 8 nitrogen and oxygen atoms in total. The second-order valence-corrected chi connectivity index (χ2v) is 7.04. The third kappa shape index (κ3) is 3.30. The number of amides is 1. The lowest BCUT2D eigenvalue weighted by atomic mass is 10.1. The molecule has 3 aromatic rings. The average Bonchev–Trinajstić information content (AvgIpc) is 3.08. The number of carbonyl (C=O) groups excluding carboxylic acids is 1. The maximum Gasteiger partial charge on any atom is 0.257 e. The lowest BCUT2D eigenvalue weighted by Gasteiger charge is -2.10. The molecule has 1 heterocycles. The summed E-state index contributed by atoms with van der Waals surface area (Å²) in [4.78, 5) is 12.7. The fourth-order valence-electron chi connectivity index (χ4n) is 2.14. The van der Waals surface area contributed by atoms with E-state index < -0.39 is 15.7 Å². The van der Waals surface area contributed by atoms with E-state index >= 15 is 0 Å². The Labute approximate surface area is 138 Å². The molecule has 1 aromatic heterocycles. The summed E-state index contributed by atoms with van der Waals surface area (Å²) in [7, 11) is -3.35. The van der Waals surface area contributed by atoms with Crippen LogP contribution >= 0.6 is 0 Å². The SMILES string of the molecule is CS(=O)(=O)c1cccc(NC(=O)c2ccccc2-n2cnnn2)c1. The molecule has 0 saturated carbocycles. The van der Waals surface area contributed by atoms with E-state index in [9.17, 15) is 13.2 Å². The third-order valence-electron chi connectivity index (χ3n) is 3.26. The first-order valence-electron chi connectivity index (χ1n) is 6.89. The van der Waals surface area contributed by atoms with Gasteiger partial charge in [0.05, 0.1) is 16.1 Å². The fraction of sp³-hybridized carbons (Fsp3) is 0.0667. The first-order valence-corrected chi connectivity index (χ1v) is 8.78. The Balaban J connectivity index is 1.92. The van der Waals surface area contributed by atoms with Crippen molar-refractivity contribution in [3.8, 4) is 5.69 Å². The largest absolute Gasteiger partial charge is 0.322 e. The molecule has 1 N–H and O–H groups in total. The number of tetrazole rings is 1. The lowest BCUT2D eigenvalue weighted by molar-refractivity contribution is 0.102. The number of carbonyl (C=O) groups is 1. The van der Waals surface area contributed by atoms with Crippen LogP contribution in [-0.4, -0.2) is 40.8 Å². The minimum absolute atomic E-state index is 0.133. The van der Waals surface area contributed by atoms with Crippen LogP contribution in [0, 0.1) is 0 Å². The molecule has 0 saturated heterocycles. The molecule has 0 aliphatic rings. The van der Waals surface area contributed by atoms with Crippen LogP contribution in [-0.2, 0) is 9.84 Å². The van der Waals surface area contributed by atoms with Crippen molar-refractivity contribution in [3.05, 3.63) is 60.4 Å². The van der Waals surface area contributed by atoms with Crippen molar-refractivity contribution < 1.29 is 13.2 Å². The molecule has 2 aromatic carbocycles. The summed E-state index contributed by atoms with van der Waals surface area (Å²) >= 11 is 0. The number of aromatic nitrogens is 4. The third-order valence-corrected chi connectivity index (χ3v) is 4.37. The van der Waals surface area contributed by atoms with Gasteiger partial charge in [0.15, 0.2) is 9.84 Å². The van der Waals surface area contributed by atoms with Crippen LogP contribution in [0.3, 0.4) is 0 Å². The Kier molecular flexibility index (Phi) is 4.09. The van der Waals surface area contributed by atoms with E-state index in [1.54, 1.807) is 36.4 Å². The highest BCUT2D eigenvalue weighted by molar-refractivity contribution is 7.90. The monoisotopic (exact) mass is 343 g/mol. The van der Waals surface area contributed by atoms with Crippen LogP contribution in [0.4, 0.5) is 5.69 Å². The molecule has 122 valence electrons. The number of anilines is 1. The van der Waals surface area contributed by atoms with E-state index in [1.807, 2.05) is 0 Å². The number of benzene rings is 2. The fourth-order valence-corrected chi connectivity index (χ4v) is 2.81. The van der Waals surface area contributed by atoms with Crippen LogP contribution < -0.4 is 5.32 Å². The predicted molar refractivity (Wildman–Crippen MR) is 86.7 cm³/mol. The molecule has 24 heavy (non-hydrogen) atoms. The summed E-state index contributed by atoms with van der Waals surface area (Å²) in [6.07, 6.45) is 2.50. The van der Waals surface area contributed by atoms with Gasteiger partial charge in [-0.1, -0.05) is 18.2 Å². The smallest absolute Gasteiger partial charge is 0.257 e. The quantitative estimate of drug-likeness (QED) is 0.765.